The number of ether oxygens (including phenoxy) is 1. The van der Waals surface area contributed by atoms with Crippen LogP contribution in [0.4, 0.5) is 13.2 Å². The maximum Gasteiger partial charge on any atom is 0.416 e. The molecule has 1 atom stereocenters. The van der Waals surface area contributed by atoms with Gasteiger partial charge in [-0.1, -0.05) is 25.1 Å². The summed E-state index contributed by atoms with van der Waals surface area (Å²) in [6.45, 7) is 3.57. The molecule has 1 aromatic carbocycles. The van der Waals surface area contributed by atoms with Gasteiger partial charge in [-0.15, -0.1) is 0 Å². The van der Waals surface area contributed by atoms with Crippen LogP contribution in [-0.2, 0) is 15.7 Å². The van der Waals surface area contributed by atoms with E-state index >= 15 is 0 Å². The number of alkyl halides is 3. The number of esters is 1. The lowest BCUT2D eigenvalue weighted by molar-refractivity contribution is -0.140. The molecule has 2 heterocycles. The highest BCUT2D eigenvalue weighted by atomic mass is 19.4. The molecule has 0 saturated heterocycles. The molecule has 2 aromatic rings. The van der Waals surface area contributed by atoms with Crippen molar-refractivity contribution in [3.8, 4) is 0 Å². The average Bonchev–Trinajstić information content (AvgIpc) is 3.19. The van der Waals surface area contributed by atoms with Gasteiger partial charge in [0.15, 0.2) is 5.76 Å². The summed E-state index contributed by atoms with van der Waals surface area (Å²) in [7, 11) is 0. The van der Waals surface area contributed by atoms with Crippen molar-refractivity contribution < 1.29 is 27.1 Å². The van der Waals surface area contributed by atoms with Crippen molar-refractivity contribution in [2.45, 2.75) is 32.4 Å². The molecule has 0 fully saturated rings. The fraction of sp³-hybridized carbons (Fsp3) is 0.300. The predicted octanol–water partition coefficient (Wildman–Crippen LogP) is 4.62. The second kappa shape index (κ2) is 7.92. The van der Waals surface area contributed by atoms with Crippen molar-refractivity contribution in [1.29, 1.82) is 0 Å². The first kappa shape index (κ1) is 19.7. The van der Waals surface area contributed by atoms with Crippen LogP contribution in [0, 0.1) is 0 Å². The van der Waals surface area contributed by atoms with E-state index in [-0.39, 0.29) is 29.2 Å². The zero-order valence-electron chi connectivity index (χ0n) is 15.3. The van der Waals surface area contributed by atoms with Crippen molar-refractivity contribution in [1.82, 2.24) is 5.43 Å². The van der Waals surface area contributed by atoms with E-state index in [0.717, 1.165) is 6.07 Å². The van der Waals surface area contributed by atoms with Crippen LogP contribution in [0.3, 0.4) is 0 Å². The molecule has 0 spiro atoms. The molecule has 0 bridgehead atoms. The van der Waals surface area contributed by atoms with Gasteiger partial charge in [0, 0.05) is 5.70 Å². The number of hydrazone groups is 1. The molecule has 0 radical (unpaired) electrons. The van der Waals surface area contributed by atoms with Crippen LogP contribution in [0.1, 0.15) is 43.1 Å². The van der Waals surface area contributed by atoms with E-state index in [1.807, 2.05) is 6.92 Å². The molecular formula is C20H19F3N2O3. The number of hydrogen-bond donors (Lipinski definition) is 1. The molecule has 0 aliphatic carbocycles. The number of nitrogens with zero attached hydrogens (tertiary/aromatic N) is 1. The van der Waals surface area contributed by atoms with Gasteiger partial charge in [0.25, 0.3) is 0 Å². The van der Waals surface area contributed by atoms with Gasteiger partial charge >= 0.3 is 12.1 Å². The van der Waals surface area contributed by atoms with E-state index in [1.165, 1.54) is 24.5 Å². The van der Waals surface area contributed by atoms with E-state index in [4.69, 9.17) is 9.15 Å². The van der Waals surface area contributed by atoms with E-state index in [2.05, 4.69) is 10.5 Å². The molecule has 0 amide bonds. The number of allylic oxidation sites excluding steroid dienone is 1. The number of furan rings is 1. The quantitative estimate of drug-likeness (QED) is 0.755. The van der Waals surface area contributed by atoms with Crippen LogP contribution >= 0.6 is 0 Å². The molecule has 28 heavy (non-hydrogen) atoms. The molecule has 5 nitrogen and oxygen atoms in total. The van der Waals surface area contributed by atoms with Crippen LogP contribution in [0.15, 0.2) is 63.5 Å². The summed E-state index contributed by atoms with van der Waals surface area (Å²) < 4.78 is 51.7. The molecule has 0 saturated carbocycles. The lowest BCUT2D eigenvalue weighted by Gasteiger charge is -2.28. The smallest absolute Gasteiger partial charge is 0.416 e. The molecule has 1 aromatic heterocycles. The second-order valence-corrected chi connectivity index (χ2v) is 6.28. The number of benzene rings is 1. The minimum Gasteiger partial charge on any atom is -0.463 e. The highest BCUT2D eigenvalue weighted by Gasteiger charge is 2.41. The molecule has 1 N–H and O–H groups in total. The van der Waals surface area contributed by atoms with Gasteiger partial charge in [-0.05, 0) is 37.1 Å². The van der Waals surface area contributed by atoms with Gasteiger partial charge in [0.2, 0.25) is 0 Å². The molecule has 1 aliphatic rings. The molecule has 3 rings (SSSR count). The largest absolute Gasteiger partial charge is 0.463 e. The first-order valence-electron chi connectivity index (χ1n) is 8.76. The van der Waals surface area contributed by atoms with E-state index in [1.54, 1.807) is 19.1 Å². The zero-order chi connectivity index (χ0) is 20.3. The summed E-state index contributed by atoms with van der Waals surface area (Å²) >= 11 is 0. The monoisotopic (exact) mass is 392 g/mol. The van der Waals surface area contributed by atoms with Gasteiger partial charge in [-0.2, -0.15) is 18.3 Å². The minimum absolute atomic E-state index is 0.0755. The average molecular weight is 392 g/mol. The number of nitrogens with one attached hydrogen (secondary N) is 1. The van der Waals surface area contributed by atoms with Crippen molar-refractivity contribution in [3.05, 3.63) is 70.8 Å². The van der Waals surface area contributed by atoms with Crippen molar-refractivity contribution >= 4 is 11.7 Å². The summed E-state index contributed by atoms with van der Waals surface area (Å²) in [6.07, 6.45) is -2.61. The van der Waals surface area contributed by atoms with E-state index in [0.29, 0.717) is 12.1 Å². The third-order valence-corrected chi connectivity index (χ3v) is 4.32. The van der Waals surface area contributed by atoms with Crippen LogP contribution in [-0.4, -0.2) is 18.3 Å². The number of halogens is 3. The van der Waals surface area contributed by atoms with Crippen molar-refractivity contribution in [3.63, 3.8) is 0 Å². The lowest BCUT2D eigenvalue weighted by atomic mass is 9.81. The standard InChI is InChI=1S/C20H19F3N2O3/c1-3-10-28-19(26)16-12(2)24-25-18(15-9-6-11-27-15)17(16)13-7-4-5-8-14(13)20(21,22)23/h4-9,11,17,24H,3,10H2,1-2H3. The summed E-state index contributed by atoms with van der Waals surface area (Å²) in [5.74, 6) is -1.51. The van der Waals surface area contributed by atoms with Gasteiger partial charge in [-0.25, -0.2) is 4.79 Å². The summed E-state index contributed by atoms with van der Waals surface area (Å²) in [4.78, 5) is 12.7. The Balaban J connectivity index is 2.19. The number of rotatable bonds is 5. The Morgan fingerprint density at radius 1 is 1.25 bits per heavy atom. The van der Waals surface area contributed by atoms with Crippen LogP contribution in [0.5, 0.6) is 0 Å². The summed E-state index contributed by atoms with van der Waals surface area (Å²) in [5.41, 5.74) is 2.37. The van der Waals surface area contributed by atoms with Gasteiger partial charge in [0.1, 0.15) is 5.71 Å². The number of carbonyl (C=O) groups is 1. The first-order valence-corrected chi connectivity index (χ1v) is 8.76. The number of carbonyl (C=O) groups excluding carboxylic acids is 1. The maximum atomic E-state index is 13.7. The zero-order valence-corrected chi connectivity index (χ0v) is 15.3. The summed E-state index contributed by atoms with van der Waals surface area (Å²) in [5, 5.41) is 4.19. The Morgan fingerprint density at radius 3 is 2.64 bits per heavy atom. The number of hydrogen-bond acceptors (Lipinski definition) is 5. The predicted molar refractivity (Wildman–Crippen MR) is 96.5 cm³/mol. The third-order valence-electron chi connectivity index (χ3n) is 4.32. The van der Waals surface area contributed by atoms with E-state index < -0.39 is 23.6 Å². The molecule has 1 unspecified atom stereocenters. The second-order valence-electron chi connectivity index (χ2n) is 6.28. The lowest BCUT2D eigenvalue weighted by Crippen LogP contribution is -2.32. The SMILES string of the molecule is CCCOC(=O)C1=C(C)NN=C(c2ccco2)C1c1ccccc1C(F)(F)F. The fourth-order valence-corrected chi connectivity index (χ4v) is 3.10. The molecule has 1 aliphatic heterocycles. The summed E-state index contributed by atoms with van der Waals surface area (Å²) in [6, 6.07) is 8.32. The van der Waals surface area contributed by atoms with Gasteiger partial charge < -0.3 is 9.15 Å². The van der Waals surface area contributed by atoms with Gasteiger partial charge in [0.05, 0.1) is 29.9 Å². The van der Waals surface area contributed by atoms with Crippen molar-refractivity contribution in [2.75, 3.05) is 6.61 Å². The van der Waals surface area contributed by atoms with E-state index in [9.17, 15) is 18.0 Å². The van der Waals surface area contributed by atoms with Crippen molar-refractivity contribution in [2.24, 2.45) is 5.10 Å². The Kier molecular flexibility index (Phi) is 5.58. The minimum atomic E-state index is -4.60. The van der Waals surface area contributed by atoms with Crippen LogP contribution in [0.25, 0.3) is 0 Å². The molecule has 148 valence electrons. The van der Waals surface area contributed by atoms with Crippen LogP contribution in [0.2, 0.25) is 0 Å². The Bertz CT molecular complexity index is 915. The fourth-order valence-electron chi connectivity index (χ4n) is 3.10. The topological polar surface area (TPSA) is 63.8 Å². The first-order chi connectivity index (χ1) is 13.3. The Hall–Kier alpha value is -3.03. The maximum absolute atomic E-state index is 13.7. The Labute approximate surface area is 159 Å². The Morgan fingerprint density at radius 2 is 2.00 bits per heavy atom. The highest BCUT2D eigenvalue weighted by molar-refractivity contribution is 6.11. The molecule has 8 heteroatoms. The molecular weight excluding hydrogens is 373 g/mol. The van der Waals surface area contributed by atoms with Gasteiger partial charge in [-0.3, -0.25) is 5.43 Å². The van der Waals surface area contributed by atoms with Crippen LogP contribution < -0.4 is 5.43 Å². The third kappa shape index (κ3) is 3.81. The highest BCUT2D eigenvalue weighted by Crippen LogP contribution is 2.41. The normalized spacial score (nSPS) is 17.2.